The van der Waals surface area contributed by atoms with Gasteiger partial charge in [0.2, 0.25) is 5.95 Å². The van der Waals surface area contributed by atoms with E-state index in [1.165, 1.54) is 6.92 Å². The number of halogens is 2. The van der Waals surface area contributed by atoms with E-state index in [-0.39, 0.29) is 10.5 Å². The summed E-state index contributed by atoms with van der Waals surface area (Å²) in [7, 11) is 1.22. The summed E-state index contributed by atoms with van der Waals surface area (Å²) in [4.78, 5) is 3.01. The normalized spacial score (nSPS) is 11.6. The van der Waals surface area contributed by atoms with Gasteiger partial charge in [-0.3, -0.25) is 0 Å². The highest BCUT2D eigenvalue weighted by Gasteiger charge is 2.13. The fourth-order valence-corrected chi connectivity index (χ4v) is 1.87. The van der Waals surface area contributed by atoms with Gasteiger partial charge in [0.05, 0.1) is 6.20 Å². The van der Waals surface area contributed by atoms with Gasteiger partial charge >= 0.3 is 0 Å². The van der Waals surface area contributed by atoms with E-state index in [0.29, 0.717) is 0 Å². The third-order valence-electron chi connectivity index (χ3n) is 1.29. The maximum atomic E-state index is 12.4. The number of aromatic nitrogens is 1. The van der Waals surface area contributed by atoms with Gasteiger partial charge in [0.25, 0.3) is 9.05 Å². The summed E-state index contributed by atoms with van der Waals surface area (Å²) in [6.45, 7) is 1.44. The molecule has 1 aromatic heterocycles. The Kier molecular flexibility index (Phi) is 2.34. The van der Waals surface area contributed by atoms with Crippen molar-refractivity contribution in [3.05, 3.63) is 23.8 Å². The Morgan fingerprint density at radius 1 is 1.58 bits per heavy atom. The molecule has 0 saturated heterocycles. The second kappa shape index (κ2) is 2.99. The van der Waals surface area contributed by atoms with Crippen molar-refractivity contribution < 1.29 is 12.8 Å². The van der Waals surface area contributed by atoms with Crippen molar-refractivity contribution in [2.45, 2.75) is 11.8 Å². The lowest BCUT2D eigenvalue weighted by atomic mass is 10.3. The summed E-state index contributed by atoms with van der Waals surface area (Å²) in [6.07, 6.45) is 0.896. The van der Waals surface area contributed by atoms with E-state index >= 15 is 0 Å². The van der Waals surface area contributed by atoms with Crippen molar-refractivity contribution in [3.8, 4) is 0 Å². The van der Waals surface area contributed by atoms with E-state index in [1.54, 1.807) is 0 Å². The molecular formula is C6H5ClFNO2S. The molecule has 0 aromatic carbocycles. The fraction of sp³-hybridized carbons (Fsp3) is 0.167. The zero-order chi connectivity index (χ0) is 9.35. The summed E-state index contributed by atoms with van der Waals surface area (Å²) < 4.78 is 33.9. The second-order valence-electron chi connectivity index (χ2n) is 2.21. The van der Waals surface area contributed by atoms with Gasteiger partial charge < -0.3 is 0 Å². The van der Waals surface area contributed by atoms with Crippen molar-refractivity contribution in [1.82, 2.24) is 4.98 Å². The molecule has 1 heterocycles. The Morgan fingerprint density at radius 3 is 2.58 bits per heavy atom. The highest BCUT2D eigenvalue weighted by atomic mass is 35.7. The van der Waals surface area contributed by atoms with Gasteiger partial charge in [0.1, 0.15) is 4.90 Å². The van der Waals surface area contributed by atoms with Gasteiger partial charge in [-0.25, -0.2) is 13.4 Å². The zero-order valence-corrected chi connectivity index (χ0v) is 7.66. The van der Waals surface area contributed by atoms with Crippen LogP contribution in [0.3, 0.4) is 0 Å². The molecule has 0 aliphatic carbocycles. The first-order valence-electron chi connectivity index (χ1n) is 2.98. The van der Waals surface area contributed by atoms with Gasteiger partial charge in [-0.15, -0.1) is 0 Å². The van der Waals surface area contributed by atoms with Crippen LogP contribution < -0.4 is 0 Å². The van der Waals surface area contributed by atoms with E-state index < -0.39 is 15.0 Å². The van der Waals surface area contributed by atoms with Gasteiger partial charge in [0.15, 0.2) is 0 Å². The van der Waals surface area contributed by atoms with Crippen molar-refractivity contribution in [1.29, 1.82) is 0 Å². The van der Waals surface area contributed by atoms with Crippen LogP contribution in [-0.2, 0) is 9.05 Å². The molecule has 66 valence electrons. The average molecular weight is 210 g/mol. The minimum atomic E-state index is -3.81. The number of hydrogen-bond acceptors (Lipinski definition) is 3. The van der Waals surface area contributed by atoms with E-state index in [0.717, 1.165) is 12.3 Å². The highest BCUT2D eigenvalue weighted by Crippen LogP contribution is 2.18. The highest BCUT2D eigenvalue weighted by molar-refractivity contribution is 8.13. The summed E-state index contributed by atoms with van der Waals surface area (Å²) in [5, 5.41) is 0. The molecule has 0 aliphatic rings. The van der Waals surface area contributed by atoms with E-state index in [9.17, 15) is 12.8 Å². The summed E-state index contributed by atoms with van der Waals surface area (Å²) in [6, 6.07) is 1.01. The molecule has 0 spiro atoms. The molecule has 0 bridgehead atoms. The number of rotatable bonds is 1. The van der Waals surface area contributed by atoms with Crippen LogP contribution in [0, 0.1) is 12.9 Å². The van der Waals surface area contributed by atoms with E-state index in [2.05, 4.69) is 4.98 Å². The number of hydrogen-bond donors (Lipinski definition) is 0. The van der Waals surface area contributed by atoms with Crippen molar-refractivity contribution in [3.63, 3.8) is 0 Å². The predicted octanol–water partition coefficient (Wildman–Crippen LogP) is 1.46. The number of pyridine rings is 1. The lowest BCUT2D eigenvalue weighted by Gasteiger charge is -1.99. The van der Waals surface area contributed by atoms with Crippen molar-refractivity contribution in [2.75, 3.05) is 0 Å². The third-order valence-corrected chi connectivity index (χ3v) is 2.74. The Balaban J connectivity index is 3.39. The van der Waals surface area contributed by atoms with Crippen LogP contribution in [0.2, 0.25) is 0 Å². The SMILES string of the molecule is Cc1cc(F)ncc1S(=O)(=O)Cl. The standard InChI is InChI=1S/C6H5ClFNO2S/c1-4-2-6(8)9-3-5(4)12(7,10)11/h2-3H,1H3. The monoisotopic (exact) mass is 209 g/mol. The molecule has 0 saturated carbocycles. The second-order valence-corrected chi connectivity index (χ2v) is 4.74. The predicted molar refractivity (Wildman–Crippen MR) is 42.0 cm³/mol. The van der Waals surface area contributed by atoms with Crippen LogP contribution in [0.5, 0.6) is 0 Å². The largest absolute Gasteiger partial charge is 0.263 e. The third kappa shape index (κ3) is 1.92. The van der Waals surface area contributed by atoms with E-state index in [4.69, 9.17) is 10.7 Å². The molecule has 0 atom stereocenters. The summed E-state index contributed by atoms with van der Waals surface area (Å²) in [5.41, 5.74) is 0.248. The number of aryl methyl sites for hydroxylation is 1. The first kappa shape index (κ1) is 9.41. The molecule has 12 heavy (non-hydrogen) atoms. The van der Waals surface area contributed by atoms with Gasteiger partial charge in [-0.1, -0.05) is 0 Å². The van der Waals surface area contributed by atoms with Crippen LogP contribution >= 0.6 is 10.7 Å². The molecule has 0 amide bonds. The molecule has 3 nitrogen and oxygen atoms in total. The van der Waals surface area contributed by atoms with Gasteiger partial charge in [0, 0.05) is 10.7 Å². The molecule has 1 rings (SSSR count). The van der Waals surface area contributed by atoms with Crippen LogP contribution in [-0.4, -0.2) is 13.4 Å². The molecule has 0 radical (unpaired) electrons. The minimum Gasteiger partial charge on any atom is -0.227 e. The molecule has 6 heteroatoms. The quantitative estimate of drug-likeness (QED) is 0.520. The average Bonchev–Trinajstić information content (AvgIpc) is 1.83. The van der Waals surface area contributed by atoms with Crippen LogP contribution in [0.15, 0.2) is 17.2 Å². The molecule has 0 unspecified atom stereocenters. The van der Waals surface area contributed by atoms with Gasteiger partial charge in [-0.2, -0.15) is 4.39 Å². The lowest BCUT2D eigenvalue weighted by molar-refractivity contribution is 0.576. The molecule has 0 N–H and O–H groups in total. The molecule has 1 aromatic rings. The van der Waals surface area contributed by atoms with E-state index in [1.807, 2.05) is 0 Å². The first-order valence-corrected chi connectivity index (χ1v) is 5.29. The fourth-order valence-electron chi connectivity index (χ4n) is 0.764. The first-order chi connectivity index (χ1) is 5.41. The molecular weight excluding hydrogens is 205 g/mol. The maximum Gasteiger partial charge on any atom is 0.263 e. The number of nitrogens with zero attached hydrogens (tertiary/aromatic N) is 1. The minimum absolute atomic E-state index is 0.162. The van der Waals surface area contributed by atoms with Crippen LogP contribution in [0.25, 0.3) is 0 Å². The topological polar surface area (TPSA) is 47.0 Å². The summed E-state index contributed by atoms with van der Waals surface area (Å²) >= 11 is 0. The Hall–Kier alpha value is -0.680. The van der Waals surface area contributed by atoms with Crippen molar-refractivity contribution >= 4 is 19.7 Å². The molecule has 0 aliphatic heterocycles. The maximum absolute atomic E-state index is 12.4. The van der Waals surface area contributed by atoms with Gasteiger partial charge in [-0.05, 0) is 18.6 Å². The Labute approximate surface area is 73.6 Å². The van der Waals surface area contributed by atoms with Crippen molar-refractivity contribution in [2.24, 2.45) is 0 Å². The van der Waals surface area contributed by atoms with Crippen LogP contribution in [0.4, 0.5) is 4.39 Å². The Morgan fingerprint density at radius 2 is 2.17 bits per heavy atom. The lowest BCUT2D eigenvalue weighted by Crippen LogP contribution is -1.97. The summed E-state index contributed by atoms with van der Waals surface area (Å²) in [5.74, 6) is -0.725. The smallest absolute Gasteiger partial charge is 0.227 e. The zero-order valence-electron chi connectivity index (χ0n) is 6.08. The molecule has 0 fully saturated rings. The Bertz CT molecular complexity index is 404. The van der Waals surface area contributed by atoms with Crippen LogP contribution in [0.1, 0.15) is 5.56 Å².